The zero-order valence-electron chi connectivity index (χ0n) is 10.3. The van der Waals surface area contributed by atoms with Crippen LogP contribution in [-0.4, -0.2) is 18.6 Å². The van der Waals surface area contributed by atoms with Crippen molar-refractivity contribution >= 4 is 5.57 Å². The smallest absolute Gasteiger partial charge is 0.270 e. The second-order valence-electron chi connectivity index (χ2n) is 4.25. The lowest BCUT2D eigenvalue weighted by Crippen LogP contribution is -2.39. The molecule has 1 atom stereocenters. The summed E-state index contributed by atoms with van der Waals surface area (Å²) in [5.74, 6) is 0. The van der Waals surface area contributed by atoms with Gasteiger partial charge in [0.05, 0.1) is 0 Å². The van der Waals surface area contributed by atoms with Crippen LogP contribution in [-0.2, 0) is 4.74 Å². The van der Waals surface area contributed by atoms with Crippen LogP contribution >= 0.6 is 0 Å². The van der Waals surface area contributed by atoms with Gasteiger partial charge in [0.2, 0.25) is 0 Å². The second kappa shape index (κ2) is 5.44. The lowest BCUT2D eigenvalue weighted by molar-refractivity contribution is -0.104. The Morgan fingerprint density at radius 1 is 1.28 bits per heavy atom. The highest BCUT2D eigenvalue weighted by molar-refractivity contribution is 5.75. The average Bonchev–Trinajstić information content (AvgIpc) is 2.41. The summed E-state index contributed by atoms with van der Waals surface area (Å²) in [5.41, 5.74) is 0.548. The Morgan fingerprint density at radius 2 is 2.00 bits per heavy atom. The largest absolute Gasteiger partial charge is 0.365 e. The molecular formula is C15H16F2O. The fourth-order valence-electron chi connectivity index (χ4n) is 2.08. The Labute approximate surface area is 106 Å². The summed E-state index contributed by atoms with van der Waals surface area (Å²) in [6, 6.07) is 9.72. The highest BCUT2D eigenvalue weighted by Gasteiger charge is 2.38. The molecule has 0 saturated carbocycles. The maximum Gasteiger partial charge on any atom is 0.270 e. The van der Waals surface area contributed by atoms with Gasteiger partial charge in [-0.25, -0.2) is 8.78 Å². The number of allylic oxidation sites excluding steroid dienone is 2. The van der Waals surface area contributed by atoms with Crippen LogP contribution in [0.15, 0.2) is 48.6 Å². The monoisotopic (exact) mass is 250 g/mol. The van der Waals surface area contributed by atoms with Gasteiger partial charge in [-0.3, -0.25) is 0 Å². The first kappa shape index (κ1) is 13.0. The molecule has 0 fully saturated rings. The van der Waals surface area contributed by atoms with Crippen LogP contribution < -0.4 is 0 Å². The Balaban J connectivity index is 2.20. The van der Waals surface area contributed by atoms with Gasteiger partial charge >= 0.3 is 0 Å². The Bertz CT molecular complexity index is 451. The zero-order valence-corrected chi connectivity index (χ0v) is 10.3. The van der Waals surface area contributed by atoms with Gasteiger partial charge in [-0.05, 0) is 24.1 Å². The van der Waals surface area contributed by atoms with E-state index in [0.29, 0.717) is 0 Å². The molecule has 0 aromatic heterocycles. The number of halogens is 2. The maximum atomic E-state index is 13.1. The average molecular weight is 250 g/mol. The van der Waals surface area contributed by atoms with Crippen molar-refractivity contribution in [3.05, 3.63) is 54.1 Å². The molecule has 18 heavy (non-hydrogen) atoms. The van der Waals surface area contributed by atoms with Crippen molar-refractivity contribution in [2.75, 3.05) is 6.61 Å². The van der Waals surface area contributed by atoms with Gasteiger partial charge in [-0.1, -0.05) is 42.5 Å². The first-order valence-corrected chi connectivity index (χ1v) is 6.05. The van der Waals surface area contributed by atoms with E-state index < -0.39 is 12.0 Å². The SMILES string of the molecule is CCOC1(C(F)F)C=CC(c2ccccc2)=CC1. The first-order chi connectivity index (χ1) is 8.68. The van der Waals surface area contributed by atoms with Crippen LogP contribution in [0.2, 0.25) is 0 Å². The number of ether oxygens (including phenoxy) is 1. The molecule has 1 aromatic carbocycles. The normalized spacial score (nSPS) is 23.2. The van der Waals surface area contributed by atoms with E-state index in [-0.39, 0.29) is 13.0 Å². The molecule has 0 bridgehead atoms. The molecule has 2 rings (SSSR count). The maximum absolute atomic E-state index is 13.1. The lowest BCUT2D eigenvalue weighted by Gasteiger charge is -2.31. The third kappa shape index (κ3) is 2.51. The van der Waals surface area contributed by atoms with Crippen molar-refractivity contribution < 1.29 is 13.5 Å². The predicted molar refractivity (Wildman–Crippen MR) is 68.5 cm³/mol. The number of hydrogen-bond donors (Lipinski definition) is 0. The predicted octanol–water partition coefficient (Wildman–Crippen LogP) is 4.07. The van der Waals surface area contributed by atoms with Gasteiger partial charge < -0.3 is 4.74 Å². The minimum atomic E-state index is -2.51. The highest BCUT2D eigenvalue weighted by Crippen LogP contribution is 2.33. The summed E-state index contributed by atoms with van der Waals surface area (Å²) in [7, 11) is 0. The quantitative estimate of drug-likeness (QED) is 0.782. The number of hydrogen-bond acceptors (Lipinski definition) is 1. The molecule has 0 spiro atoms. The van der Waals surface area contributed by atoms with Gasteiger partial charge in [0.15, 0.2) is 5.60 Å². The van der Waals surface area contributed by atoms with E-state index in [4.69, 9.17) is 4.74 Å². The lowest BCUT2D eigenvalue weighted by atomic mass is 9.89. The summed E-state index contributed by atoms with van der Waals surface area (Å²) in [6.07, 6.45) is 2.72. The molecule has 0 aliphatic heterocycles. The van der Waals surface area contributed by atoms with E-state index >= 15 is 0 Å². The highest BCUT2D eigenvalue weighted by atomic mass is 19.3. The molecule has 0 heterocycles. The van der Waals surface area contributed by atoms with E-state index in [9.17, 15) is 8.78 Å². The molecule has 1 aliphatic rings. The summed E-state index contributed by atoms with van der Waals surface area (Å²) in [6.45, 7) is 2.01. The number of benzene rings is 1. The third-order valence-corrected chi connectivity index (χ3v) is 3.08. The van der Waals surface area contributed by atoms with Crippen molar-refractivity contribution in [1.82, 2.24) is 0 Å². The third-order valence-electron chi connectivity index (χ3n) is 3.08. The van der Waals surface area contributed by atoms with Gasteiger partial charge in [0.25, 0.3) is 6.43 Å². The van der Waals surface area contributed by atoms with Gasteiger partial charge in [0, 0.05) is 13.0 Å². The van der Waals surface area contributed by atoms with Crippen LogP contribution in [0.1, 0.15) is 18.9 Å². The molecule has 0 saturated heterocycles. The van der Waals surface area contributed by atoms with Crippen molar-refractivity contribution in [2.24, 2.45) is 0 Å². The molecule has 0 radical (unpaired) electrons. The Kier molecular flexibility index (Phi) is 3.92. The van der Waals surface area contributed by atoms with E-state index in [0.717, 1.165) is 11.1 Å². The van der Waals surface area contributed by atoms with Crippen LogP contribution in [0.3, 0.4) is 0 Å². The molecule has 0 N–H and O–H groups in total. The van der Waals surface area contributed by atoms with Crippen LogP contribution in [0.25, 0.3) is 5.57 Å². The molecular weight excluding hydrogens is 234 g/mol. The standard InChI is InChI=1S/C15H16F2O/c1-2-18-15(14(16)17)10-8-13(9-11-15)12-6-4-3-5-7-12/h3-10,14H,2,11H2,1H3. The van der Waals surface area contributed by atoms with Crippen LogP contribution in [0.4, 0.5) is 8.78 Å². The number of alkyl halides is 2. The van der Waals surface area contributed by atoms with E-state index in [1.54, 1.807) is 13.0 Å². The fourth-order valence-corrected chi connectivity index (χ4v) is 2.08. The molecule has 1 aromatic rings. The van der Waals surface area contributed by atoms with Gasteiger partial charge in [-0.15, -0.1) is 0 Å². The van der Waals surface area contributed by atoms with Crippen molar-refractivity contribution in [3.63, 3.8) is 0 Å². The number of rotatable bonds is 4. The zero-order chi connectivity index (χ0) is 13.0. The summed E-state index contributed by atoms with van der Waals surface area (Å²) >= 11 is 0. The summed E-state index contributed by atoms with van der Waals surface area (Å²) in [4.78, 5) is 0. The first-order valence-electron chi connectivity index (χ1n) is 6.05. The van der Waals surface area contributed by atoms with E-state index in [1.165, 1.54) is 6.08 Å². The molecule has 96 valence electrons. The van der Waals surface area contributed by atoms with E-state index in [1.807, 2.05) is 36.4 Å². The van der Waals surface area contributed by atoms with Crippen molar-refractivity contribution in [3.8, 4) is 0 Å². The second-order valence-corrected chi connectivity index (χ2v) is 4.25. The van der Waals surface area contributed by atoms with Crippen molar-refractivity contribution in [1.29, 1.82) is 0 Å². The fraction of sp³-hybridized carbons (Fsp3) is 0.333. The molecule has 1 aliphatic carbocycles. The van der Waals surface area contributed by atoms with Crippen LogP contribution in [0, 0.1) is 0 Å². The summed E-state index contributed by atoms with van der Waals surface area (Å²) < 4.78 is 31.4. The minimum Gasteiger partial charge on any atom is -0.365 e. The minimum absolute atomic E-state index is 0.208. The van der Waals surface area contributed by atoms with Crippen molar-refractivity contribution in [2.45, 2.75) is 25.4 Å². The van der Waals surface area contributed by atoms with Gasteiger partial charge in [-0.2, -0.15) is 0 Å². The molecule has 1 nitrogen and oxygen atoms in total. The van der Waals surface area contributed by atoms with Gasteiger partial charge in [0.1, 0.15) is 0 Å². The Hall–Kier alpha value is -1.48. The topological polar surface area (TPSA) is 9.23 Å². The molecule has 1 unspecified atom stereocenters. The van der Waals surface area contributed by atoms with Crippen LogP contribution in [0.5, 0.6) is 0 Å². The molecule has 0 amide bonds. The Morgan fingerprint density at radius 3 is 2.50 bits per heavy atom. The van der Waals surface area contributed by atoms with E-state index in [2.05, 4.69) is 0 Å². The molecule has 3 heteroatoms. The summed E-state index contributed by atoms with van der Waals surface area (Å²) in [5, 5.41) is 0.